The predicted octanol–water partition coefficient (Wildman–Crippen LogP) is 2.94. The lowest BCUT2D eigenvalue weighted by molar-refractivity contribution is 0.392. The molecule has 0 bridgehead atoms. The fraction of sp³-hybridized carbons (Fsp3) is 0.571. The quantitative estimate of drug-likeness (QED) is 0.793. The molecule has 96 valence electrons. The first-order valence-corrected chi connectivity index (χ1v) is 6.18. The monoisotopic (exact) mass is 237 g/mol. The molecule has 1 aromatic rings. The van der Waals surface area contributed by atoms with Gasteiger partial charge in [0.15, 0.2) is 0 Å². The molecule has 3 heteroatoms. The van der Waals surface area contributed by atoms with E-state index >= 15 is 0 Å². The van der Waals surface area contributed by atoms with Gasteiger partial charge in [-0.2, -0.15) is 0 Å². The van der Waals surface area contributed by atoms with E-state index in [1.165, 1.54) is 5.56 Å². The molecule has 17 heavy (non-hydrogen) atoms. The number of nitrogens with two attached hydrogens (primary N) is 1. The molecule has 0 saturated heterocycles. The van der Waals surface area contributed by atoms with Crippen LogP contribution in [0.15, 0.2) is 18.2 Å². The van der Waals surface area contributed by atoms with Gasteiger partial charge in [-0.25, -0.2) is 0 Å². The lowest BCUT2D eigenvalue weighted by atomic mass is 9.91. The Morgan fingerprint density at radius 3 is 2.53 bits per heavy atom. The third-order valence-corrected chi connectivity index (χ3v) is 3.13. The van der Waals surface area contributed by atoms with Gasteiger partial charge in [0.05, 0.1) is 14.2 Å². The highest BCUT2D eigenvalue weighted by Gasteiger charge is 2.15. The number of hydrogen-bond acceptors (Lipinski definition) is 3. The largest absolute Gasteiger partial charge is 0.497 e. The van der Waals surface area contributed by atoms with Crippen LogP contribution >= 0.6 is 0 Å². The zero-order valence-corrected chi connectivity index (χ0v) is 11.0. The van der Waals surface area contributed by atoms with Crippen molar-refractivity contribution >= 4 is 0 Å². The molecule has 3 nitrogen and oxygen atoms in total. The molecule has 0 spiro atoms. The summed E-state index contributed by atoms with van der Waals surface area (Å²) in [5, 5.41) is 0. The molecule has 0 amide bonds. The van der Waals surface area contributed by atoms with E-state index in [0.29, 0.717) is 5.92 Å². The molecule has 1 rings (SSSR count). The Morgan fingerprint density at radius 1 is 1.24 bits per heavy atom. The maximum atomic E-state index is 5.58. The molecule has 0 fully saturated rings. The van der Waals surface area contributed by atoms with Crippen LogP contribution in [0, 0.1) is 0 Å². The summed E-state index contributed by atoms with van der Waals surface area (Å²) >= 11 is 0. The fourth-order valence-electron chi connectivity index (χ4n) is 2.10. The first kappa shape index (κ1) is 13.8. The molecule has 2 N–H and O–H groups in total. The topological polar surface area (TPSA) is 44.5 Å². The molecule has 1 aromatic carbocycles. The zero-order chi connectivity index (χ0) is 12.7. The average Bonchev–Trinajstić information content (AvgIpc) is 2.39. The Balaban J connectivity index is 2.97. The Morgan fingerprint density at radius 2 is 2.00 bits per heavy atom. The third-order valence-electron chi connectivity index (χ3n) is 3.13. The van der Waals surface area contributed by atoms with Crippen LogP contribution < -0.4 is 15.2 Å². The molecule has 0 aromatic heterocycles. The highest BCUT2D eigenvalue weighted by Crippen LogP contribution is 2.34. The fourth-order valence-corrected chi connectivity index (χ4v) is 2.10. The summed E-state index contributed by atoms with van der Waals surface area (Å²) in [7, 11) is 3.40. The molecule has 0 saturated carbocycles. The summed E-state index contributed by atoms with van der Waals surface area (Å²) in [4.78, 5) is 0. The smallest absolute Gasteiger partial charge is 0.122 e. The average molecular weight is 237 g/mol. The summed E-state index contributed by atoms with van der Waals surface area (Å²) in [6, 6.07) is 5.97. The minimum Gasteiger partial charge on any atom is -0.497 e. The van der Waals surface area contributed by atoms with Crippen molar-refractivity contribution in [2.75, 3.05) is 20.8 Å². The van der Waals surface area contributed by atoms with Gasteiger partial charge in [0.1, 0.15) is 11.5 Å². The molecule has 0 heterocycles. The predicted molar refractivity (Wildman–Crippen MR) is 70.9 cm³/mol. The van der Waals surface area contributed by atoms with E-state index in [1.807, 2.05) is 12.1 Å². The SMILES string of the molecule is CCC(CCCN)c1cc(OC)ccc1OC. The second-order valence-electron chi connectivity index (χ2n) is 4.14. The Hall–Kier alpha value is -1.22. The number of methoxy groups -OCH3 is 2. The number of benzene rings is 1. The summed E-state index contributed by atoms with van der Waals surface area (Å²) in [6.07, 6.45) is 3.22. The minimum atomic E-state index is 0.489. The third kappa shape index (κ3) is 3.63. The van der Waals surface area contributed by atoms with Crippen LogP contribution in [0.4, 0.5) is 0 Å². The molecule has 0 aliphatic heterocycles. The summed E-state index contributed by atoms with van der Waals surface area (Å²) in [6.45, 7) is 2.93. The van der Waals surface area contributed by atoms with E-state index < -0.39 is 0 Å². The highest BCUT2D eigenvalue weighted by molar-refractivity contribution is 5.42. The van der Waals surface area contributed by atoms with E-state index in [-0.39, 0.29) is 0 Å². The maximum Gasteiger partial charge on any atom is 0.122 e. The van der Waals surface area contributed by atoms with Crippen molar-refractivity contribution in [3.63, 3.8) is 0 Å². The van der Waals surface area contributed by atoms with Gasteiger partial charge < -0.3 is 15.2 Å². The molecule has 1 atom stereocenters. The van der Waals surface area contributed by atoms with Crippen LogP contribution in [0.5, 0.6) is 11.5 Å². The number of ether oxygens (including phenoxy) is 2. The summed E-state index contributed by atoms with van der Waals surface area (Å²) in [5.74, 6) is 2.31. The van der Waals surface area contributed by atoms with Gasteiger partial charge in [-0.3, -0.25) is 0 Å². The van der Waals surface area contributed by atoms with E-state index in [4.69, 9.17) is 15.2 Å². The maximum absolute atomic E-state index is 5.58. The van der Waals surface area contributed by atoms with Crippen LogP contribution in [0.1, 0.15) is 37.7 Å². The zero-order valence-electron chi connectivity index (χ0n) is 11.0. The Labute approximate surface area is 104 Å². The number of rotatable bonds is 7. The van der Waals surface area contributed by atoms with Crippen LogP contribution in [-0.2, 0) is 0 Å². The van der Waals surface area contributed by atoms with Crippen molar-refractivity contribution in [1.82, 2.24) is 0 Å². The summed E-state index contributed by atoms with van der Waals surface area (Å²) < 4.78 is 10.7. The molecular formula is C14H23NO2. The first-order chi connectivity index (χ1) is 8.26. The lowest BCUT2D eigenvalue weighted by Gasteiger charge is -2.19. The van der Waals surface area contributed by atoms with Crippen molar-refractivity contribution in [2.24, 2.45) is 5.73 Å². The van der Waals surface area contributed by atoms with E-state index in [1.54, 1.807) is 14.2 Å². The van der Waals surface area contributed by atoms with Gasteiger partial charge in [-0.1, -0.05) is 6.92 Å². The molecule has 0 aliphatic rings. The van der Waals surface area contributed by atoms with Crippen molar-refractivity contribution in [3.05, 3.63) is 23.8 Å². The Kier molecular flexibility index (Phi) is 5.84. The number of hydrogen-bond donors (Lipinski definition) is 1. The van der Waals surface area contributed by atoms with Gasteiger partial charge in [-0.15, -0.1) is 0 Å². The van der Waals surface area contributed by atoms with Crippen molar-refractivity contribution in [1.29, 1.82) is 0 Å². The van der Waals surface area contributed by atoms with Crippen LogP contribution in [0.25, 0.3) is 0 Å². The summed E-state index contributed by atoms with van der Waals surface area (Å²) in [5.41, 5.74) is 6.81. The van der Waals surface area contributed by atoms with Gasteiger partial charge >= 0.3 is 0 Å². The van der Waals surface area contributed by atoms with Gasteiger partial charge in [0, 0.05) is 5.56 Å². The lowest BCUT2D eigenvalue weighted by Crippen LogP contribution is -2.05. The molecular weight excluding hydrogens is 214 g/mol. The van der Waals surface area contributed by atoms with Crippen molar-refractivity contribution < 1.29 is 9.47 Å². The van der Waals surface area contributed by atoms with Crippen LogP contribution in [0.2, 0.25) is 0 Å². The molecule has 0 aliphatic carbocycles. The van der Waals surface area contributed by atoms with Crippen LogP contribution in [-0.4, -0.2) is 20.8 Å². The normalized spacial score (nSPS) is 12.2. The van der Waals surface area contributed by atoms with Crippen molar-refractivity contribution in [2.45, 2.75) is 32.1 Å². The minimum absolute atomic E-state index is 0.489. The molecule has 1 unspecified atom stereocenters. The van der Waals surface area contributed by atoms with Gasteiger partial charge in [0.25, 0.3) is 0 Å². The van der Waals surface area contributed by atoms with E-state index in [0.717, 1.165) is 37.3 Å². The highest BCUT2D eigenvalue weighted by atomic mass is 16.5. The van der Waals surface area contributed by atoms with Gasteiger partial charge in [-0.05, 0) is 49.9 Å². The standard InChI is InChI=1S/C14H23NO2/c1-4-11(6-5-9-15)13-10-12(16-2)7-8-14(13)17-3/h7-8,10-11H,4-6,9,15H2,1-3H3. The Bertz CT molecular complexity index is 339. The van der Waals surface area contributed by atoms with Crippen molar-refractivity contribution in [3.8, 4) is 11.5 Å². The second-order valence-corrected chi connectivity index (χ2v) is 4.14. The van der Waals surface area contributed by atoms with Crippen LogP contribution in [0.3, 0.4) is 0 Å². The van der Waals surface area contributed by atoms with E-state index in [9.17, 15) is 0 Å². The first-order valence-electron chi connectivity index (χ1n) is 6.18. The molecule has 0 radical (unpaired) electrons. The van der Waals surface area contributed by atoms with E-state index in [2.05, 4.69) is 13.0 Å². The second kappa shape index (κ2) is 7.17. The van der Waals surface area contributed by atoms with Gasteiger partial charge in [0.2, 0.25) is 0 Å².